The number of benzene rings is 1. The predicted molar refractivity (Wildman–Crippen MR) is 104 cm³/mol. The zero-order valence-electron chi connectivity index (χ0n) is 17.3. The minimum atomic E-state index is -4.53. The molecule has 0 bridgehead atoms. The molecule has 160 valence electrons. The van der Waals surface area contributed by atoms with E-state index in [1.165, 1.54) is 23.3 Å². The summed E-state index contributed by atoms with van der Waals surface area (Å²) >= 11 is 0. The van der Waals surface area contributed by atoms with Gasteiger partial charge in [-0.2, -0.15) is 13.2 Å². The van der Waals surface area contributed by atoms with Crippen molar-refractivity contribution < 1.29 is 27.4 Å². The number of carbonyl (C=O) groups is 1. The van der Waals surface area contributed by atoms with Crippen molar-refractivity contribution in [1.82, 2.24) is 14.8 Å². The van der Waals surface area contributed by atoms with Gasteiger partial charge in [-0.25, -0.2) is 14.5 Å². The summed E-state index contributed by atoms with van der Waals surface area (Å²) in [6.07, 6.45) is -1.36. The van der Waals surface area contributed by atoms with E-state index in [0.29, 0.717) is 0 Å². The van der Waals surface area contributed by atoms with Crippen LogP contribution in [0.15, 0.2) is 30.6 Å². The summed E-state index contributed by atoms with van der Waals surface area (Å²) in [5, 5.41) is 4.06. The maximum atomic E-state index is 13.2. The molecule has 2 aromatic rings. The molecule has 2 rings (SSSR count). The SMILES string of the molecule is CC.CC(C)OC(=O)/C=C\n1cnc(-c2cc(OC(C)C)cc(C(F)(F)F)c2)n1. The molecule has 6 nitrogen and oxygen atoms in total. The number of rotatable bonds is 6. The van der Waals surface area contributed by atoms with Crippen molar-refractivity contribution >= 4 is 12.2 Å². The highest BCUT2D eigenvalue weighted by atomic mass is 19.4. The van der Waals surface area contributed by atoms with Crippen LogP contribution in [0.25, 0.3) is 17.6 Å². The molecular formula is C20H26F3N3O3. The van der Waals surface area contributed by atoms with Gasteiger partial charge in [-0.15, -0.1) is 5.10 Å². The molecule has 1 aromatic carbocycles. The number of hydrogen-bond donors (Lipinski definition) is 0. The molecule has 0 spiro atoms. The van der Waals surface area contributed by atoms with Gasteiger partial charge in [0.05, 0.1) is 17.8 Å². The largest absolute Gasteiger partial charge is 0.491 e. The van der Waals surface area contributed by atoms with Gasteiger partial charge in [0.15, 0.2) is 5.82 Å². The van der Waals surface area contributed by atoms with Crippen molar-refractivity contribution in [2.24, 2.45) is 0 Å². The molecule has 0 aliphatic rings. The zero-order chi connectivity index (χ0) is 22.2. The van der Waals surface area contributed by atoms with Gasteiger partial charge in [-0.3, -0.25) is 0 Å². The van der Waals surface area contributed by atoms with Gasteiger partial charge < -0.3 is 9.47 Å². The molecule has 1 heterocycles. The second kappa shape index (κ2) is 10.6. The summed E-state index contributed by atoms with van der Waals surface area (Å²) in [6, 6.07) is 3.32. The highest BCUT2D eigenvalue weighted by Crippen LogP contribution is 2.35. The number of alkyl halides is 3. The number of carbonyl (C=O) groups excluding carboxylic acids is 1. The van der Waals surface area contributed by atoms with Crippen molar-refractivity contribution in [1.29, 1.82) is 0 Å². The summed E-state index contributed by atoms with van der Waals surface area (Å²) in [5.41, 5.74) is -0.708. The van der Waals surface area contributed by atoms with Crippen LogP contribution in [0.2, 0.25) is 0 Å². The third-order valence-corrected chi connectivity index (χ3v) is 3.09. The molecule has 0 aliphatic heterocycles. The first-order valence-corrected chi connectivity index (χ1v) is 9.24. The lowest BCUT2D eigenvalue weighted by molar-refractivity contribution is -0.141. The first-order valence-electron chi connectivity index (χ1n) is 9.24. The van der Waals surface area contributed by atoms with E-state index in [-0.39, 0.29) is 29.3 Å². The first kappa shape index (κ1) is 24.2. The number of aromatic nitrogens is 3. The van der Waals surface area contributed by atoms with E-state index in [9.17, 15) is 18.0 Å². The van der Waals surface area contributed by atoms with E-state index in [0.717, 1.165) is 18.2 Å². The van der Waals surface area contributed by atoms with Crippen LogP contribution in [0.1, 0.15) is 47.1 Å². The molecule has 0 N–H and O–H groups in total. The fraction of sp³-hybridized carbons (Fsp3) is 0.450. The van der Waals surface area contributed by atoms with Crippen LogP contribution in [0.4, 0.5) is 13.2 Å². The minimum Gasteiger partial charge on any atom is -0.491 e. The Labute approximate surface area is 168 Å². The van der Waals surface area contributed by atoms with Gasteiger partial charge in [0.1, 0.15) is 12.1 Å². The fourth-order valence-electron chi connectivity index (χ4n) is 2.12. The summed E-state index contributed by atoms with van der Waals surface area (Å²) < 4.78 is 51.0. The van der Waals surface area contributed by atoms with Gasteiger partial charge >= 0.3 is 12.1 Å². The third-order valence-electron chi connectivity index (χ3n) is 3.09. The number of esters is 1. The van der Waals surface area contributed by atoms with Crippen LogP contribution in [-0.4, -0.2) is 32.9 Å². The number of hydrogen-bond acceptors (Lipinski definition) is 5. The van der Waals surface area contributed by atoms with Crippen molar-refractivity contribution in [2.75, 3.05) is 0 Å². The second-order valence-electron chi connectivity index (χ2n) is 6.26. The van der Waals surface area contributed by atoms with Gasteiger partial charge in [-0.1, -0.05) is 13.8 Å². The molecule has 9 heteroatoms. The molecule has 0 amide bonds. The maximum absolute atomic E-state index is 13.2. The zero-order valence-corrected chi connectivity index (χ0v) is 17.3. The van der Waals surface area contributed by atoms with Crippen molar-refractivity contribution in [3.63, 3.8) is 0 Å². The molecular weight excluding hydrogens is 387 g/mol. The Morgan fingerprint density at radius 3 is 2.31 bits per heavy atom. The van der Waals surface area contributed by atoms with Crippen LogP contribution in [0, 0.1) is 0 Å². The fourth-order valence-corrected chi connectivity index (χ4v) is 2.12. The number of halogens is 3. The van der Waals surface area contributed by atoms with E-state index in [2.05, 4.69) is 10.1 Å². The lowest BCUT2D eigenvalue weighted by Crippen LogP contribution is -2.09. The lowest BCUT2D eigenvalue weighted by atomic mass is 10.1. The normalized spacial score (nSPS) is 11.6. The quantitative estimate of drug-likeness (QED) is 0.481. The van der Waals surface area contributed by atoms with Crippen molar-refractivity contribution in [3.05, 3.63) is 36.2 Å². The summed E-state index contributed by atoms with van der Waals surface area (Å²) in [7, 11) is 0. The summed E-state index contributed by atoms with van der Waals surface area (Å²) in [5.74, 6) is -0.424. The summed E-state index contributed by atoms with van der Waals surface area (Å²) in [4.78, 5) is 15.5. The van der Waals surface area contributed by atoms with E-state index in [1.807, 2.05) is 13.8 Å². The average Bonchev–Trinajstić information content (AvgIpc) is 3.08. The first-order chi connectivity index (χ1) is 13.5. The van der Waals surface area contributed by atoms with Crippen molar-refractivity contribution in [3.8, 4) is 17.1 Å². The van der Waals surface area contributed by atoms with Gasteiger partial charge in [0.2, 0.25) is 0 Å². The van der Waals surface area contributed by atoms with Crippen LogP contribution >= 0.6 is 0 Å². The maximum Gasteiger partial charge on any atom is 0.416 e. The number of nitrogens with zero attached hydrogens (tertiary/aromatic N) is 3. The molecule has 0 aliphatic carbocycles. The van der Waals surface area contributed by atoms with Gasteiger partial charge in [0, 0.05) is 17.8 Å². The highest BCUT2D eigenvalue weighted by molar-refractivity contribution is 5.85. The molecule has 0 atom stereocenters. The Kier molecular flexibility index (Phi) is 8.87. The monoisotopic (exact) mass is 413 g/mol. The van der Waals surface area contributed by atoms with Crippen LogP contribution in [0.5, 0.6) is 5.75 Å². The van der Waals surface area contributed by atoms with Gasteiger partial charge in [-0.05, 0) is 45.9 Å². The Morgan fingerprint density at radius 2 is 1.76 bits per heavy atom. The molecule has 0 unspecified atom stereocenters. The Bertz CT molecular complexity index is 828. The topological polar surface area (TPSA) is 66.2 Å². The average molecular weight is 413 g/mol. The smallest absolute Gasteiger partial charge is 0.416 e. The lowest BCUT2D eigenvalue weighted by Gasteiger charge is -2.14. The molecule has 0 saturated carbocycles. The Balaban J connectivity index is 0.00000204. The van der Waals surface area contributed by atoms with E-state index >= 15 is 0 Å². The number of ether oxygens (including phenoxy) is 2. The minimum absolute atomic E-state index is 0.0663. The Morgan fingerprint density at radius 1 is 1.10 bits per heavy atom. The molecule has 0 saturated heterocycles. The third kappa shape index (κ3) is 7.97. The molecule has 29 heavy (non-hydrogen) atoms. The van der Waals surface area contributed by atoms with E-state index in [4.69, 9.17) is 9.47 Å². The Hall–Kier alpha value is -2.84. The van der Waals surface area contributed by atoms with E-state index < -0.39 is 17.7 Å². The standard InChI is InChI=1S/C18H20F3N3O3.C2H6/c1-11(2)26-15-8-13(7-14(9-15)18(19,20)21)17-22-10-24(23-17)6-5-16(25)27-12(3)4;1-2/h5-12H,1-4H3;1-2H3/b6-5-;. The predicted octanol–water partition coefficient (Wildman–Crippen LogP) is 5.20. The molecule has 0 fully saturated rings. The summed E-state index contributed by atoms with van der Waals surface area (Å²) in [6.45, 7) is 10.9. The van der Waals surface area contributed by atoms with E-state index in [1.54, 1.807) is 27.7 Å². The van der Waals surface area contributed by atoms with Crippen molar-refractivity contribution in [2.45, 2.75) is 59.9 Å². The highest BCUT2D eigenvalue weighted by Gasteiger charge is 2.32. The van der Waals surface area contributed by atoms with Crippen LogP contribution < -0.4 is 4.74 Å². The molecule has 1 aromatic heterocycles. The van der Waals surface area contributed by atoms with Crippen LogP contribution in [-0.2, 0) is 15.7 Å². The molecule has 0 radical (unpaired) electrons. The van der Waals surface area contributed by atoms with Crippen LogP contribution in [0.3, 0.4) is 0 Å². The van der Waals surface area contributed by atoms with Gasteiger partial charge in [0.25, 0.3) is 0 Å². The second-order valence-corrected chi connectivity index (χ2v) is 6.26.